The van der Waals surface area contributed by atoms with Gasteiger partial charge in [0, 0.05) is 10.8 Å². The summed E-state index contributed by atoms with van der Waals surface area (Å²) < 4.78 is 0. The van der Waals surface area contributed by atoms with Crippen molar-refractivity contribution >= 4 is 17.2 Å². The van der Waals surface area contributed by atoms with Gasteiger partial charge in [-0.15, -0.1) is 11.3 Å². The Hall–Kier alpha value is -0.830. The molecule has 1 saturated carbocycles. The van der Waals surface area contributed by atoms with E-state index in [1.165, 1.54) is 24.1 Å². The molecule has 0 bridgehead atoms. The molecule has 1 atom stereocenters. The van der Waals surface area contributed by atoms with E-state index in [1.54, 1.807) is 11.3 Å². The fourth-order valence-electron chi connectivity index (χ4n) is 2.30. The fraction of sp³-hybridized carbons (Fsp3) is 0.615. The molecule has 3 heteroatoms. The molecule has 0 saturated heterocycles. The Morgan fingerprint density at radius 2 is 2.19 bits per heavy atom. The van der Waals surface area contributed by atoms with Crippen LogP contribution in [0.3, 0.4) is 0 Å². The van der Waals surface area contributed by atoms with E-state index in [2.05, 4.69) is 23.7 Å². The minimum atomic E-state index is 0.162. The lowest BCUT2D eigenvalue weighted by Crippen LogP contribution is -2.33. The first-order chi connectivity index (χ1) is 7.77. The lowest BCUT2D eigenvalue weighted by Gasteiger charge is -2.22. The summed E-state index contributed by atoms with van der Waals surface area (Å²) in [7, 11) is 0. The Morgan fingerprint density at radius 3 is 2.81 bits per heavy atom. The third kappa shape index (κ3) is 2.85. The van der Waals surface area contributed by atoms with Crippen LogP contribution in [0.5, 0.6) is 0 Å². The van der Waals surface area contributed by atoms with Crippen molar-refractivity contribution in [2.75, 3.05) is 0 Å². The minimum Gasteiger partial charge on any atom is -0.349 e. The average Bonchev–Trinajstić information content (AvgIpc) is 2.83. The van der Waals surface area contributed by atoms with E-state index >= 15 is 0 Å². The Morgan fingerprint density at radius 1 is 1.44 bits per heavy atom. The van der Waals surface area contributed by atoms with Crippen molar-refractivity contribution in [3.05, 3.63) is 22.4 Å². The maximum Gasteiger partial charge on any atom is 0.223 e. The van der Waals surface area contributed by atoms with Gasteiger partial charge >= 0.3 is 0 Å². The van der Waals surface area contributed by atoms with Crippen LogP contribution in [0.1, 0.15) is 49.9 Å². The summed E-state index contributed by atoms with van der Waals surface area (Å²) in [6, 6.07) is 4.27. The number of nitrogens with one attached hydrogen (secondary N) is 1. The molecule has 16 heavy (non-hydrogen) atoms. The highest BCUT2D eigenvalue weighted by Crippen LogP contribution is 2.25. The highest BCUT2D eigenvalue weighted by molar-refractivity contribution is 7.10. The average molecular weight is 237 g/mol. The van der Waals surface area contributed by atoms with Gasteiger partial charge in [-0.05, 0) is 31.2 Å². The number of rotatable bonds is 3. The van der Waals surface area contributed by atoms with E-state index in [0.717, 1.165) is 12.8 Å². The number of amides is 1. The molecular weight excluding hydrogens is 218 g/mol. The number of hydrogen-bond donors (Lipinski definition) is 1. The number of carbonyl (C=O) groups is 1. The largest absolute Gasteiger partial charge is 0.349 e. The van der Waals surface area contributed by atoms with Gasteiger partial charge in [0.15, 0.2) is 0 Å². The molecule has 1 aliphatic rings. The first-order valence-corrected chi connectivity index (χ1v) is 6.99. The lowest BCUT2D eigenvalue weighted by atomic mass is 9.88. The highest BCUT2D eigenvalue weighted by Gasteiger charge is 2.22. The molecule has 1 aliphatic carbocycles. The Bertz CT molecular complexity index is 328. The van der Waals surface area contributed by atoms with Crippen LogP contribution in [0.15, 0.2) is 17.5 Å². The molecule has 88 valence electrons. The first-order valence-electron chi connectivity index (χ1n) is 6.11. The van der Waals surface area contributed by atoms with Crippen molar-refractivity contribution in [1.82, 2.24) is 5.32 Å². The van der Waals surface area contributed by atoms with Crippen LogP contribution < -0.4 is 5.32 Å². The molecule has 0 spiro atoms. The van der Waals surface area contributed by atoms with Crippen LogP contribution in [0, 0.1) is 5.92 Å². The fourth-order valence-corrected chi connectivity index (χ4v) is 3.04. The number of thiophene rings is 1. The molecule has 1 N–H and O–H groups in total. The molecule has 2 nitrogen and oxygen atoms in total. The van der Waals surface area contributed by atoms with Crippen LogP contribution in [0.25, 0.3) is 0 Å². The molecular formula is C13H19NOS. The maximum absolute atomic E-state index is 12.0. The van der Waals surface area contributed by atoms with Crippen molar-refractivity contribution in [1.29, 1.82) is 0 Å². The van der Waals surface area contributed by atoms with Crippen molar-refractivity contribution in [3.8, 4) is 0 Å². The molecule has 1 heterocycles. The Balaban J connectivity index is 1.86. The van der Waals surface area contributed by atoms with E-state index in [-0.39, 0.29) is 17.9 Å². The van der Waals surface area contributed by atoms with E-state index in [0.29, 0.717) is 0 Å². The molecule has 0 aromatic carbocycles. The summed E-state index contributed by atoms with van der Waals surface area (Å²) in [5.74, 6) is 0.511. The topological polar surface area (TPSA) is 29.1 Å². The molecule has 1 aromatic rings. The van der Waals surface area contributed by atoms with E-state index in [4.69, 9.17) is 0 Å². The SMILES string of the molecule is CC(NC(=O)C1CCCCC1)c1cccs1. The standard InChI is InChI=1S/C13H19NOS/c1-10(12-8-5-9-16-12)14-13(15)11-6-3-2-4-7-11/h5,8-11H,2-4,6-7H2,1H3,(H,14,15). The normalized spacial score (nSPS) is 19.3. The predicted molar refractivity (Wildman–Crippen MR) is 67.5 cm³/mol. The van der Waals surface area contributed by atoms with E-state index < -0.39 is 0 Å². The van der Waals surface area contributed by atoms with Gasteiger partial charge in [0.2, 0.25) is 5.91 Å². The third-order valence-corrected chi connectivity index (χ3v) is 4.36. The summed E-state index contributed by atoms with van der Waals surface area (Å²) in [6.07, 6.45) is 5.87. The van der Waals surface area contributed by atoms with Crippen LogP contribution >= 0.6 is 11.3 Å². The first kappa shape index (κ1) is 11.6. The summed E-state index contributed by atoms with van der Waals surface area (Å²) >= 11 is 1.70. The van der Waals surface area contributed by atoms with Gasteiger partial charge in [0.1, 0.15) is 0 Å². The second-order valence-electron chi connectivity index (χ2n) is 4.58. The van der Waals surface area contributed by atoms with Crippen LogP contribution in [-0.2, 0) is 4.79 Å². The minimum absolute atomic E-state index is 0.162. The summed E-state index contributed by atoms with van der Waals surface area (Å²) in [5.41, 5.74) is 0. The Kier molecular flexibility index (Phi) is 3.99. The van der Waals surface area contributed by atoms with E-state index in [9.17, 15) is 4.79 Å². The molecule has 0 aliphatic heterocycles. The molecule has 1 fully saturated rings. The van der Waals surface area contributed by atoms with Crippen molar-refractivity contribution < 1.29 is 4.79 Å². The summed E-state index contributed by atoms with van der Waals surface area (Å²) in [4.78, 5) is 13.2. The van der Waals surface area contributed by atoms with Crippen molar-refractivity contribution in [2.45, 2.75) is 45.1 Å². The molecule has 0 radical (unpaired) electrons. The molecule has 1 unspecified atom stereocenters. The van der Waals surface area contributed by atoms with Crippen LogP contribution in [-0.4, -0.2) is 5.91 Å². The summed E-state index contributed by atoms with van der Waals surface area (Å²) in [6.45, 7) is 2.06. The smallest absolute Gasteiger partial charge is 0.223 e. The zero-order chi connectivity index (χ0) is 11.4. The predicted octanol–water partition coefficient (Wildman–Crippen LogP) is 3.51. The molecule has 1 aromatic heterocycles. The third-order valence-electron chi connectivity index (χ3n) is 3.30. The zero-order valence-electron chi connectivity index (χ0n) is 9.74. The van der Waals surface area contributed by atoms with Gasteiger partial charge < -0.3 is 5.32 Å². The lowest BCUT2D eigenvalue weighted by molar-refractivity contribution is -0.126. The van der Waals surface area contributed by atoms with Gasteiger partial charge in [0.05, 0.1) is 6.04 Å². The van der Waals surface area contributed by atoms with Gasteiger partial charge in [-0.25, -0.2) is 0 Å². The van der Waals surface area contributed by atoms with Gasteiger partial charge in [-0.2, -0.15) is 0 Å². The van der Waals surface area contributed by atoms with E-state index in [1.807, 2.05) is 6.07 Å². The highest BCUT2D eigenvalue weighted by atomic mass is 32.1. The maximum atomic E-state index is 12.0. The zero-order valence-corrected chi connectivity index (χ0v) is 10.6. The van der Waals surface area contributed by atoms with Gasteiger partial charge in [-0.1, -0.05) is 25.3 Å². The monoisotopic (exact) mass is 237 g/mol. The second kappa shape index (κ2) is 5.48. The number of carbonyl (C=O) groups excluding carboxylic acids is 1. The summed E-state index contributed by atoms with van der Waals surface area (Å²) in [5, 5.41) is 5.18. The molecule has 2 rings (SSSR count). The second-order valence-corrected chi connectivity index (χ2v) is 5.56. The van der Waals surface area contributed by atoms with Crippen molar-refractivity contribution in [3.63, 3.8) is 0 Å². The van der Waals surface area contributed by atoms with Crippen molar-refractivity contribution in [2.24, 2.45) is 5.92 Å². The van der Waals surface area contributed by atoms with Gasteiger partial charge in [0.25, 0.3) is 0 Å². The Labute approximate surface area is 101 Å². The van der Waals surface area contributed by atoms with Crippen LogP contribution in [0.2, 0.25) is 0 Å². The quantitative estimate of drug-likeness (QED) is 0.856. The van der Waals surface area contributed by atoms with Crippen LogP contribution in [0.4, 0.5) is 0 Å². The molecule has 1 amide bonds. The number of hydrogen-bond acceptors (Lipinski definition) is 2. The van der Waals surface area contributed by atoms with Gasteiger partial charge in [-0.3, -0.25) is 4.79 Å².